The summed E-state index contributed by atoms with van der Waals surface area (Å²) in [5.74, 6) is -0.678. The Labute approximate surface area is 168 Å². The summed E-state index contributed by atoms with van der Waals surface area (Å²) >= 11 is 0. The molecular formula is C20H23N3O6. The van der Waals surface area contributed by atoms with Gasteiger partial charge in [-0.3, -0.25) is 14.9 Å². The van der Waals surface area contributed by atoms with E-state index in [-0.39, 0.29) is 11.3 Å². The van der Waals surface area contributed by atoms with E-state index in [0.29, 0.717) is 23.7 Å². The Morgan fingerprint density at radius 2 is 1.83 bits per heavy atom. The second-order valence-corrected chi connectivity index (χ2v) is 6.35. The van der Waals surface area contributed by atoms with Crippen molar-refractivity contribution in [3.63, 3.8) is 0 Å². The fraction of sp³-hybridized carbons (Fsp3) is 0.300. The fourth-order valence-corrected chi connectivity index (χ4v) is 2.50. The molecule has 0 aromatic heterocycles. The minimum Gasteiger partial charge on any atom is -0.494 e. The molecule has 2 aromatic carbocycles. The van der Waals surface area contributed by atoms with E-state index in [2.05, 4.69) is 5.32 Å². The topological polar surface area (TPSA) is 111 Å². The van der Waals surface area contributed by atoms with Gasteiger partial charge in [-0.2, -0.15) is 0 Å². The van der Waals surface area contributed by atoms with E-state index in [1.165, 1.54) is 19.1 Å². The molecule has 9 nitrogen and oxygen atoms in total. The van der Waals surface area contributed by atoms with Crippen LogP contribution in [0.15, 0.2) is 42.5 Å². The van der Waals surface area contributed by atoms with E-state index >= 15 is 0 Å². The molecule has 0 unspecified atom stereocenters. The van der Waals surface area contributed by atoms with Gasteiger partial charge < -0.3 is 19.7 Å². The van der Waals surface area contributed by atoms with Crippen LogP contribution in [0.1, 0.15) is 24.2 Å². The summed E-state index contributed by atoms with van der Waals surface area (Å²) in [4.78, 5) is 36.9. The third-order valence-corrected chi connectivity index (χ3v) is 3.98. The summed E-state index contributed by atoms with van der Waals surface area (Å²) in [5.41, 5.74) is 0.638. The Kier molecular flexibility index (Phi) is 7.13. The summed E-state index contributed by atoms with van der Waals surface area (Å²) in [6, 6.07) is 10.8. The number of nitrogens with one attached hydrogen (secondary N) is 1. The lowest BCUT2D eigenvalue weighted by Crippen LogP contribution is -2.30. The van der Waals surface area contributed by atoms with E-state index in [1.807, 2.05) is 6.92 Å². The van der Waals surface area contributed by atoms with Gasteiger partial charge in [0.25, 0.3) is 11.6 Å². The molecule has 0 heterocycles. The smallest absolute Gasteiger partial charge is 0.339 e. The molecule has 0 fully saturated rings. The van der Waals surface area contributed by atoms with Crippen LogP contribution in [0.25, 0.3) is 0 Å². The van der Waals surface area contributed by atoms with Crippen LogP contribution in [0.5, 0.6) is 5.75 Å². The largest absolute Gasteiger partial charge is 0.494 e. The lowest BCUT2D eigenvalue weighted by atomic mass is 10.1. The number of rotatable bonds is 8. The number of carbonyl (C=O) groups is 2. The summed E-state index contributed by atoms with van der Waals surface area (Å²) in [5, 5.41) is 13.9. The number of amides is 1. The predicted octanol–water partition coefficient (Wildman–Crippen LogP) is 3.24. The molecule has 0 aliphatic rings. The molecule has 0 saturated carbocycles. The Morgan fingerprint density at radius 1 is 1.17 bits per heavy atom. The van der Waals surface area contributed by atoms with Crippen LogP contribution in [0.3, 0.4) is 0 Å². The van der Waals surface area contributed by atoms with Crippen LogP contribution in [0.2, 0.25) is 0 Å². The first kappa shape index (κ1) is 21.7. The molecule has 1 atom stereocenters. The van der Waals surface area contributed by atoms with Crippen LogP contribution in [0, 0.1) is 10.1 Å². The van der Waals surface area contributed by atoms with Crippen molar-refractivity contribution in [3.8, 4) is 5.75 Å². The highest BCUT2D eigenvalue weighted by molar-refractivity contribution is 5.97. The maximum atomic E-state index is 12.3. The first-order valence-corrected chi connectivity index (χ1v) is 8.93. The maximum Gasteiger partial charge on any atom is 0.339 e. The van der Waals surface area contributed by atoms with Gasteiger partial charge in [0.1, 0.15) is 11.4 Å². The molecule has 0 spiro atoms. The molecule has 2 rings (SSSR count). The molecule has 9 heteroatoms. The highest BCUT2D eigenvalue weighted by Crippen LogP contribution is 2.28. The van der Waals surface area contributed by atoms with Gasteiger partial charge >= 0.3 is 5.97 Å². The number of benzene rings is 2. The van der Waals surface area contributed by atoms with Crippen molar-refractivity contribution in [1.29, 1.82) is 0 Å². The van der Waals surface area contributed by atoms with Crippen molar-refractivity contribution in [2.75, 3.05) is 30.9 Å². The van der Waals surface area contributed by atoms with Crippen LogP contribution in [-0.2, 0) is 9.53 Å². The summed E-state index contributed by atoms with van der Waals surface area (Å²) in [6.45, 7) is 3.82. The van der Waals surface area contributed by atoms with Crippen molar-refractivity contribution >= 4 is 28.9 Å². The molecule has 0 bridgehead atoms. The third-order valence-electron chi connectivity index (χ3n) is 3.98. The number of nitro benzene ring substituents is 1. The Morgan fingerprint density at radius 3 is 2.38 bits per heavy atom. The Balaban J connectivity index is 2.05. The minimum atomic E-state index is -1.10. The molecule has 0 aliphatic carbocycles. The predicted molar refractivity (Wildman–Crippen MR) is 109 cm³/mol. The third kappa shape index (κ3) is 5.68. The monoisotopic (exact) mass is 401 g/mol. The zero-order chi connectivity index (χ0) is 21.6. The number of carbonyl (C=O) groups excluding carboxylic acids is 2. The quantitative estimate of drug-likeness (QED) is 0.411. The summed E-state index contributed by atoms with van der Waals surface area (Å²) < 4.78 is 10.5. The minimum absolute atomic E-state index is 0.0111. The molecule has 0 radical (unpaired) electrons. The van der Waals surface area contributed by atoms with Gasteiger partial charge in [-0.05, 0) is 50.2 Å². The average molecular weight is 401 g/mol. The van der Waals surface area contributed by atoms with Crippen molar-refractivity contribution in [1.82, 2.24) is 0 Å². The number of hydrogen-bond donors (Lipinski definition) is 1. The summed E-state index contributed by atoms with van der Waals surface area (Å²) in [6.07, 6.45) is -1.10. The van der Waals surface area contributed by atoms with Crippen molar-refractivity contribution in [2.45, 2.75) is 20.0 Å². The number of esters is 1. The van der Waals surface area contributed by atoms with Crippen molar-refractivity contribution < 1.29 is 24.0 Å². The van der Waals surface area contributed by atoms with Crippen LogP contribution >= 0.6 is 0 Å². The number of ether oxygens (including phenoxy) is 2. The number of hydrogen-bond acceptors (Lipinski definition) is 7. The zero-order valence-corrected chi connectivity index (χ0v) is 16.7. The van der Waals surface area contributed by atoms with Gasteiger partial charge in [0.05, 0.1) is 17.1 Å². The lowest BCUT2D eigenvalue weighted by Gasteiger charge is -2.15. The SMILES string of the molecule is CCOc1ccc(NC(=O)[C@@H](C)OC(=O)c2ccc(N(C)C)c([N+](=O)[O-])c2)cc1. The van der Waals surface area contributed by atoms with Gasteiger partial charge in [-0.25, -0.2) is 4.79 Å². The van der Waals surface area contributed by atoms with Crippen LogP contribution in [0.4, 0.5) is 17.1 Å². The zero-order valence-electron chi connectivity index (χ0n) is 16.7. The van der Waals surface area contributed by atoms with E-state index in [0.717, 1.165) is 6.07 Å². The highest BCUT2D eigenvalue weighted by Gasteiger charge is 2.23. The van der Waals surface area contributed by atoms with Crippen molar-refractivity contribution in [2.24, 2.45) is 0 Å². The van der Waals surface area contributed by atoms with Crippen molar-refractivity contribution in [3.05, 3.63) is 58.1 Å². The molecule has 2 aromatic rings. The average Bonchev–Trinajstić information content (AvgIpc) is 2.68. The van der Waals surface area contributed by atoms with Gasteiger partial charge in [0.15, 0.2) is 6.10 Å². The van der Waals surface area contributed by atoms with Crippen LogP contribution in [-0.4, -0.2) is 43.6 Å². The first-order chi connectivity index (χ1) is 13.7. The Bertz CT molecular complexity index is 896. The van der Waals surface area contributed by atoms with E-state index < -0.39 is 22.9 Å². The molecule has 29 heavy (non-hydrogen) atoms. The van der Waals surface area contributed by atoms with E-state index in [4.69, 9.17) is 9.47 Å². The molecular weight excluding hydrogens is 378 g/mol. The summed E-state index contributed by atoms with van der Waals surface area (Å²) in [7, 11) is 3.32. The molecule has 154 valence electrons. The second-order valence-electron chi connectivity index (χ2n) is 6.35. The number of nitro groups is 1. The standard InChI is InChI=1S/C20H23N3O6/c1-5-28-16-9-7-15(8-10-16)21-19(24)13(2)29-20(25)14-6-11-17(22(3)4)18(12-14)23(26)27/h6-13H,5H2,1-4H3,(H,21,24)/t13-/m1/s1. The molecule has 0 aliphatic heterocycles. The van der Waals surface area contributed by atoms with Gasteiger partial charge in [0, 0.05) is 25.8 Å². The lowest BCUT2D eigenvalue weighted by molar-refractivity contribution is -0.384. The van der Waals surface area contributed by atoms with E-state index in [9.17, 15) is 19.7 Å². The van der Waals surface area contributed by atoms with E-state index in [1.54, 1.807) is 43.3 Å². The second kappa shape index (κ2) is 9.54. The molecule has 1 amide bonds. The van der Waals surface area contributed by atoms with Gasteiger partial charge in [-0.1, -0.05) is 0 Å². The molecule has 1 N–H and O–H groups in total. The van der Waals surface area contributed by atoms with Crippen LogP contribution < -0.4 is 15.0 Å². The maximum absolute atomic E-state index is 12.3. The fourth-order valence-electron chi connectivity index (χ4n) is 2.50. The van der Waals surface area contributed by atoms with Gasteiger partial charge in [-0.15, -0.1) is 0 Å². The van der Waals surface area contributed by atoms with Gasteiger partial charge in [0.2, 0.25) is 0 Å². The highest BCUT2D eigenvalue weighted by atomic mass is 16.6. The number of nitrogens with zero attached hydrogens (tertiary/aromatic N) is 2. The Hall–Kier alpha value is -3.62. The first-order valence-electron chi connectivity index (χ1n) is 8.93. The normalized spacial score (nSPS) is 11.3. The number of anilines is 2. The molecule has 0 saturated heterocycles.